The van der Waals surface area contributed by atoms with E-state index in [0.717, 1.165) is 0 Å². The van der Waals surface area contributed by atoms with Crippen molar-refractivity contribution in [3.05, 3.63) is 34.9 Å². The molecular weight excluding hydrogens is 226 g/mol. The van der Waals surface area contributed by atoms with Crippen molar-refractivity contribution in [2.75, 3.05) is 6.54 Å². The SMILES string of the molecule is CC(C)C(=O)NCC(=O)c1cccc(Cl)c1. The van der Waals surface area contributed by atoms with E-state index in [1.54, 1.807) is 38.1 Å². The highest BCUT2D eigenvalue weighted by atomic mass is 35.5. The van der Waals surface area contributed by atoms with Crippen LogP contribution >= 0.6 is 11.6 Å². The van der Waals surface area contributed by atoms with Gasteiger partial charge in [0.05, 0.1) is 6.54 Å². The lowest BCUT2D eigenvalue weighted by Gasteiger charge is -2.06. The van der Waals surface area contributed by atoms with E-state index in [9.17, 15) is 9.59 Å². The smallest absolute Gasteiger partial charge is 0.222 e. The van der Waals surface area contributed by atoms with Crippen LogP contribution in [0.3, 0.4) is 0 Å². The van der Waals surface area contributed by atoms with E-state index in [-0.39, 0.29) is 24.2 Å². The van der Waals surface area contributed by atoms with Gasteiger partial charge in [0.25, 0.3) is 0 Å². The van der Waals surface area contributed by atoms with Crippen LogP contribution in [0.1, 0.15) is 24.2 Å². The molecule has 0 aliphatic rings. The number of hydrogen-bond acceptors (Lipinski definition) is 2. The van der Waals surface area contributed by atoms with Crippen LogP contribution < -0.4 is 5.32 Å². The van der Waals surface area contributed by atoms with Gasteiger partial charge in [-0.2, -0.15) is 0 Å². The number of rotatable bonds is 4. The van der Waals surface area contributed by atoms with Crippen molar-refractivity contribution in [3.8, 4) is 0 Å². The van der Waals surface area contributed by atoms with Gasteiger partial charge in [-0.05, 0) is 12.1 Å². The molecule has 1 N–H and O–H groups in total. The molecule has 1 rings (SSSR count). The topological polar surface area (TPSA) is 46.2 Å². The maximum absolute atomic E-state index is 11.7. The molecule has 0 aromatic heterocycles. The van der Waals surface area contributed by atoms with Gasteiger partial charge in [0, 0.05) is 16.5 Å². The summed E-state index contributed by atoms with van der Waals surface area (Å²) in [6.07, 6.45) is 0. The number of halogens is 1. The lowest BCUT2D eigenvalue weighted by Crippen LogP contribution is -2.32. The molecule has 86 valence electrons. The quantitative estimate of drug-likeness (QED) is 0.820. The minimum Gasteiger partial charge on any atom is -0.348 e. The number of hydrogen-bond donors (Lipinski definition) is 1. The zero-order valence-electron chi connectivity index (χ0n) is 9.29. The minimum absolute atomic E-state index is 0.0113. The summed E-state index contributed by atoms with van der Waals surface area (Å²) in [5.74, 6) is -0.390. The summed E-state index contributed by atoms with van der Waals surface area (Å²) in [6.45, 7) is 3.57. The monoisotopic (exact) mass is 239 g/mol. The van der Waals surface area contributed by atoms with Gasteiger partial charge in [-0.15, -0.1) is 0 Å². The molecule has 16 heavy (non-hydrogen) atoms. The third kappa shape index (κ3) is 3.66. The molecule has 3 nitrogen and oxygen atoms in total. The third-order valence-corrected chi connectivity index (χ3v) is 2.33. The Hall–Kier alpha value is -1.35. The van der Waals surface area contributed by atoms with Crippen LogP contribution in [0.5, 0.6) is 0 Å². The maximum Gasteiger partial charge on any atom is 0.222 e. The number of carbonyl (C=O) groups excluding carboxylic acids is 2. The normalized spacial score (nSPS) is 10.2. The van der Waals surface area contributed by atoms with E-state index in [0.29, 0.717) is 10.6 Å². The van der Waals surface area contributed by atoms with Gasteiger partial charge in [0.2, 0.25) is 5.91 Å². The lowest BCUT2D eigenvalue weighted by molar-refractivity contribution is -0.123. The summed E-state index contributed by atoms with van der Waals surface area (Å²) in [4.78, 5) is 22.9. The second-order valence-corrected chi connectivity index (χ2v) is 4.24. The maximum atomic E-state index is 11.7. The molecule has 1 amide bonds. The molecule has 0 bridgehead atoms. The van der Waals surface area contributed by atoms with Crippen LogP contribution in [0.15, 0.2) is 24.3 Å². The first kappa shape index (κ1) is 12.7. The molecule has 1 aromatic carbocycles. The molecule has 0 aliphatic carbocycles. The van der Waals surface area contributed by atoms with E-state index < -0.39 is 0 Å². The molecule has 0 atom stereocenters. The van der Waals surface area contributed by atoms with E-state index >= 15 is 0 Å². The fourth-order valence-electron chi connectivity index (χ4n) is 1.14. The van der Waals surface area contributed by atoms with Gasteiger partial charge in [-0.3, -0.25) is 9.59 Å². The van der Waals surface area contributed by atoms with Gasteiger partial charge < -0.3 is 5.32 Å². The van der Waals surface area contributed by atoms with Gasteiger partial charge in [0.1, 0.15) is 0 Å². The van der Waals surface area contributed by atoms with Crippen LogP contribution in [0, 0.1) is 5.92 Å². The molecule has 0 aliphatic heterocycles. The zero-order valence-corrected chi connectivity index (χ0v) is 10.0. The first-order chi connectivity index (χ1) is 7.50. The van der Waals surface area contributed by atoms with Crippen molar-refractivity contribution < 1.29 is 9.59 Å². The average Bonchev–Trinajstić information content (AvgIpc) is 2.25. The van der Waals surface area contributed by atoms with E-state index in [1.165, 1.54) is 0 Å². The van der Waals surface area contributed by atoms with Crippen LogP contribution in [0.25, 0.3) is 0 Å². The van der Waals surface area contributed by atoms with Crippen LogP contribution in [-0.4, -0.2) is 18.2 Å². The number of benzene rings is 1. The first-order valence-corrected chi connectivity index (χ1v) is 5.45. The highest BCUT2D eigenvalue weighted by molar-refractivity contribution is 6.31. The largest absolute Gasteiger partial charge is 0.348 e. The fourth-order valence-corrected chi connectivity index (χ4v) is 1.33. The molecule has 0 saturated carbocycles. The molecule has 0 spiro atoms. The Morgan fingerprint density at radius 1 is 1.38 bits per heavy atom. The highest BCUT2D eigenvalue weighted by Gasteiger charge is 2.10. The Morgan fingerprint density at radius 2 is 2.06 bits per heavy atom. The molecule has 4 heteroatoms. The Kier molecular flexibility index (Phi) is 4.50. The van der Waals surface area contributed by atoms with Crippen LogP contribution in [0.4, 0.5) is 0 Å². The summed E-state index contributed by atoms with van der Waals surface area (Å²) in [5, 5.41) is 3.08. The summed E-state index contributed by atoms with van der Waals surface area (Å²) in [6, 6.07) is 6.67. The summed E-state index contributed by atoms with van der Waals surface area (Å²) < 4.78 is 0. The third-order valence-electron chi connectivity index (χ3n) is 2.09. The van der Waals surface area contributed by atoms with E-state index in [1.807, 2.05) is 0 Å². The van der Waals surface area contributed by atoms with Gasteiger partial charge in [-0.25, -0.2) is 0 Å². The van der Waals surface area contributed by atoms with Crippen LogP contribution in [-0.2, 0) is 4.79 Å². The van der Waals surface area contributed by atoms with Crippen LogP contribution in [0.2, 0.25) is 5.02 Å². The number of amides is 1. The van der Waals surface area contributed by atoms with E-state index in [4.69, 9.17) is 11.6 Å². The Labute approximate surface area is 99.8 Å². The van der Waals surface area contributed by atoms with Gasteiger partial charge in [-0.1, -0.05) is 37.6 Å². The number of nitrogens with one attached hydrogen (secondary N) is 1. The lowest BCUT2D eigenvalue weighted by atomic mass is 10.1. The van der Waals surface area contributed by atoms with Gasteiger partial charge >= 0.3 is 0 Å². The molecule has 0 heterocycles. The number of carbonyl (C=O) groups is 2. The van der Waals surface area contributed by atoms with Crippen molar-refractivity contribution in [2.45, 2.75) is 13.8 Å². The second-order valence-electron chi connectivity index (χ2n) is 3.81. The summed E-state index contributed by atoms with van der Waals surface area (Å²) in [5.41, 5.74) is 0.511. The Balaban J connectivity index is 2.57. The van der Waals surface area contributed by atoms with Crippen molar-refractivity contribution in [2.24, 2.45) is 5.92 Å². The molecule has 0 radical (unpaired) electrons. The first-order valence-electron chi connectivity index (χ1n) is 5.07. The highest BCUT2D eigenvalue weighted by Crippen LogP contribution is 2.10. The summed E-state index contributed by atoms with van der Waals surface area (Å²) in [7, 11) is 0. The second kappa shape index (κ2) is 5.66. The predicted molar refractivity (Wildman–Crippen MR) is 63.6 cm³/mol. The zero-order chi connectivity index (χ0) is 12.1. The molecular formula is C12H14ClNO2. The molecule has 0 saturated heterocycles. The average molecular weight is 240 g/mol. The van der Waals surface area contributed by atoms with Crippen molar-refractivity contribution in [1.29, 1.82) is 0 Å². The number of ketones is 1. The Bertz CT molecular complexity index is 402. The van der Waals surface area contributed by atoms with Gasteiger partial charge in [0.15, 0.2) is 5.78 Å². The predicted octanol–water partition coefficient (Wildman–Crippen LogP) is 2.29. The van der Waals surface area contributed by atoms with Crippen molar-refractivity contribution >= 4 is 23.3 Å². The number of Topliss-reactive ketones (excluding diaryl/α,β-unsaturated/α-hetero) is 1. The standard InChI is InChI=1S/C12H14ClNO2/c1-8(2)12(16)14-7-11(15)9-4-3-5-10(13)6-9/h3-6,8H,7H2,1-2H3,(H,14,16). The molecule has 0 fully saturated rings. The summed E-state index contributed by atoms with van der Waals surface area (Å²) >= 11 is 5.76. The molecule has 1 aromatic rings. The Morgan fingerprint density at radius 3 is 2.62 bits per heavy atom. The minimum atomic E-state index is -0.142. The van der Waals surface area contributed by atoms with Crippen molar-refractivity contribution in [3.63, 3.8) is 0 Å². The van der Waals surface area contributed by atoms with E-state index in [2.05, 4.69) is 5.32 Å². The molecule has 0 unspecified atom stereocenters. The fraction of sp³-hybridized carbons (Fsp3) is 0.333. The van der Waals surface area contributed by atoms with Crippen molar-refractivity contribution in [1.82, 2.24) is 5.32 Å².